The van der Waals surface area contributed by atoms with E-state index in [4.69, 9.17) is 10.00 Å². The molecule has 34 heavy (non-hydrogen) atoms. The van der Waals surface area contributed by atoms with Crippen molar-refractivity contribution >= 4 is 22.9 Å². The molecule has 4 rings (SSSR count). The maximum absolute atomic E-state index is 13.2. The van der Waals surface area contributed by atoms with Crippen LogP contribution in [0.3, 0.4) is 0 Å². The van der Waals surface area contributed by atoms with E-state index in [1.54, 1.807) is 54.1 Å². The van der Waals surface area contributed by atoms with E-state index in [2.05, 4.69) is 10.1 Å². The minimum atomic E-state index is -0.640. The van der Waals surface area contributed by atoms with Gasteiger partial charge in [0.1, 0.15) is 19.0 Å². The van der Waals surface area contributed by atoms with Gasteiger partial charge in [-0.15, -0.1) is 0 Å². The van der Waals surface area contributed by atoms with Crippen LogP contribution < -0.4 is 5.56 Å². The van der Waals surface area contributed by atoms with E-state index in [9.17, 15) is 14.0 Å². The molecule has 0 aliphatic rings. The zero-order valence-corrected chi connectivity index (χ0v) is 18.5. The van der Waals surface area contributed by atoms with Crippen molar-refractivity contribution in [1.82, 2.24) is 19.3 Å². The third-order valence-electron chi connectivity index (χ3n) is 5.32. The molecule has 0 aliphatic carbocycles. The second kappa shape index (κ2) is 9.50. The Bertz CT molecular complexity index is 1510. The Labute approximate surface area is 194 Å². The molecule has 2 heterocycles. The summed E-state index contributed by atoms with van der Waals surface area (Å²) in [6, 6.07) is 14.7. The molecule has 0 amide bonds. The quantitative estimate of drug-likeness (QED) is 0.324. The van der Waals surface area contributed by atoms with Crippen LogP contribution in [0.15, 0.2) is 59.4 Å². The Kier molecular flexibility index (Phi) is 6.32. The molecule has 0 atom stereocenters. The Balaban J connectivity index is 1.53. The molecule has 9 heteroatoms. The Morgan fingerprint density at radius 1 is 1.18 bits per heavy atom. The lowest BCUT2D eigenvalue weighted by Crippen LogP contribution is -2.26. The molecule has 0 spiro atoms. The van der Waals surface area contributed by atoms with E-state index in [0.29, 0.717) is 22.3 Å². The summed E-state index contributed by atoms with van der Waals surface area (Å²) in [7, 11) is 0. The van der Waals surface area contributed by atoms with Gasteiger partial charge >= 0.3 is 5.97 Å². The average Bonchev–Trinajstić information content (AvgIpc) is 3.12. The van der Waals surface area contributed by atoms with Gasteiger partial charge in [0.15, 0.2) is 5.82 Å². The van der Waals surface area contributed by atoms with E-state index in [-0.39, 0.29) is 30.4 Å². The van der Waals surface area contributed by atoms with Crippen molar-refractivity contribution in [1.29, 1.82) is 5.26 Å². The highest BCUT2D eigenvalue weighted by molar-refractivity contribution is 5.87. The number of para-hydroxylation sites is 1. The van der Waals surface area contributed by atoms with Gasteiger partial charge in [0.2, 0.25) is 0 Å². The number of nitriles is 1. The lowest BCUT2D eigenvalue weighted by molar-refractivity contribution is -0.139. The number of hydrogen-bond acceptors (Lipinski definition) is 6. The first kappa shape index (κ1) is 22.6. The molecular formula is C25H20FN5O3. The highest BCUT2D eigenvalue weighted by Gasteiger charge is 2.14. The van der Waals surface area contributed by atoms with E-state index in [1.807, 2.05) is 13.0 Å². The SMILES string of the molecule is Cc1nn(-c2ccc(F)cc2)c(C)c1/C=C/C(=O)OCc1nc2ccccc2c(=O)n1CC#N. The van der Waals surface area contributed by atoms with Crippen LogP contribution >= 0.6 is 0 Å². The molecule has 8 nitrogen and oxygen atoms in total. The summed E-state index contributed by atoms with van der Waals surface area (Å²) in [5.41, 5.74) is 2.97. The van der Waals surface area contributed by atoms with Gasteiger partial charge in [-0.3, -0.25) is 9.36 Å². The fourth-order valence-electron chi connectivity index (χ4n) is 3.62. The molecule has 0 aliphatic heterocycles. The molecular weight excluding hydrogens is 437 g/mol. The number of carbonyl (C=O) groups is 1. The van der Waals surface area contributed by atoms with Crippen LogP contribution in [0.2, 0.25) is 0 Å². The Hall–Kier alpha value is -4.58. The molecule has 0 unspecified atom stereocenters. The van der Waals surface area contributed by atoms with Crippen molar-refractivity contribution in [2.24, 2.45) is 0 Å². The molecule has 0 saturated heterocycles. The van der Waals surface area contributed by atoms with Gasteiger partial charge in [-0.2, -0.15) is 10.4 Å². The minimum Gasteiger partial charge on any atom is -0.454 e. The summed E-state index contributed by atoms with van der Waals surface area (Å²) >= 11 is 0. The fourth-order valence-corrected chi connectivity index (χ4v) is 3.62. The highest BCUT2D eigenvalue weighted by atomic mass is 19.1. The van der Waals surface area contributed by atoms with E-state index < -0.39 is 5.97 Å². The molecule has 2 aromatic heterocycles. The molecule has 0 bridgehead atoms. The number of esters is 1. The lowest BCUT2D eigenvalue weighted by Gasteiger charge is -2.10. The number of aromatic nitrogens is 4. The molecule has 0 radical (unpaired) electrons. The van der Waals surface area contributed by atoms with E-state index >= 15 is 0 Å². The zero-order valence-electron chi connectivity index (χ0n) is 18.5. The maximum atomic E-state index is 13.2. The summed E-state index contributed by atoms with van der Waals surface area (Å²) in [6.45, 7) is 3.17. The second-order valence-corrected chi connectivity index (χ2v) is 7.51. The largest absolute Gasteiger partial charge is 0.454 e. The molecule has 2 aromatic carbocycles. The number of aryl methyl sites for hydroxylation is 1. The molecule has 0 N–H and O–H groups in total. The number of nitrogens with zero attached hydrogens (tertiary/aromatic N) is 5. The van der Waals surface area contributed by atoms with Crippen LogP contribution in [0.5, 0.6) is 0 Å². The topological polar surface area (TPSA) is 103 Å². The number of ether oxygens (including phenoxy) is 1. The van der Waals surface area contributed by atoms with E-state index in [1.165, 1.54) is 22.8 Å². The van der Waals surface area contributed by atoms with Crippen LogP contribution in [0.4, 0.5) is 4.39 Å². The van der Waals surface area contributed by atoms with Gasteiger partial charge in [-0.05, 0) is 56.3 Å². The smallest absolute Gasteiger partial charge is 0.331 e. The fraction of sp³-hybridized carbons (Fsp3) is 0.160. The Morgan fingerprint density at radius 2 is 1.91 bits per heavy atom. The predicted octanol–water partition coefficient (Wildman–Crippen LogP) is 3.62. The van der Waals surface area contributed by atoms with Gasteiger partial charge < -0.3 is 4.74 Å². The van der Waals surface area contributed by atoms with Gasteiger partial charge in [-0.25, -0.2) is 18.9 Å². The van der Waals surface area contributed by atoms with Crippen LogP contribution in [0, 0.1) is 31.0 Å². The number of carbonyl (C=O) groups excluding carboxylic acids is 1. The number of hydrogen-bond donors (Lipinski definition) is 0. The number of benzene rings is 2. The van der Waals surface area contributed by atoms with Crippen LogP contribution in [-0.4, -0.2) is 25.3 Å². The number of halogens is 1. The van der Waals surface area contributed by atoms with Gasteiger partial charge in [0.05, 0.1) is 28.4 Å². The third kappa shape index (κ3) is 4.47. The Morgan fingerprint density at radius 3 is 2.65 bits per heavy atom. The third-order valence-corrected chi connectivity index (χ3v) is 5.32. The second-order valence-electron chi connectivity index (χ2n) is 7.51. The monoisotopic (exact) mass is 457 g/mol. The van der Waals surface area contributed by atoms with Crippen molar-refractivity contribution in [3.8, 4) is 11.8 Å². The predicted molar refractivity (Wildman–Crippen MR) is 123 cm³/mol. The van der Waals surface area contributed by atoms with Crippen molar-refractivity contribution in [3.63, 3.8) is 0 Å². The summed E-state index contributed by atoms with van der Waals surface area (Å²) in [5.74, 6) is -0.794. The zero-order chi connectivity index (χ0) is 24.2. The standard InChI is InChI=1S/C25H20FN5O3/c1-16-20(17(2)31(29-16)19-9-7-18(26)8-10-19)11-12-24(32)34-15-23-28-22-6-4-3-5-21(22)25(33)30(23)14-13-27/h3-12H,14-15H2,1-2H3/b12-11+. The molecule has 0 fully saturated rings. The first-order valence-electron chi connectivity index (χ1n) is 10.4. The van der Waals surface area contributed by atoms with Crippen LogP contribution in [0.1, 0.15) is 22.8 Å². The number of rotatable bonds is 6. The van der Waals surface area contributed by atoms with Crippen LogP contribution in [-0.2, 0) is 22.7 Å². The molecule has 4 aromatic rings. The van der Waals surface area contributed by atoms with Gasteiger partial charge in [0.25, 0.3) is 5.56 Å². The summed E-state index contributed by atoms with van der Waals surface area (Å²) < 4.78 is 21.4. The van der Waals surface area contributed by atoms with E-state index in [0.717, 1.165) is 11.3 Å². The van der Waals surface area contributed by atoms with Crippen molar-refractivity contribution in [2.75, 3.05) is 0 Å². The average molecular weight is 457 g/mol. The summed E-state index contributed by atoms with van der Waals surface area (Å²) in [4.78, 5) is 29.5. The summed E-state index contributed by atoms with van der Waals surface area (Å²) in [5, 5.41) is 13.9. The minimum absolute atomic E-state index is 0.184. The lowest BCUT2D eigenvalue weighted by atomic mass is 10.2. The van der Waals surface area contributed by atoms with Gasteiger partial charge in [-0.1, -0.05) is 12.1 Å². The van der Waals surface area contributed by atoms with Crippen LogP contribution in [0.25, 0.3) is 22.7 Å². The van der Waals surface area contributed by atoms with Gasteiger partial charge in [0, 0.05) is 17.3 Å². The number of fused-ring (bicyclic) bond motifs is 1. The first-order valence-corrected chi connectivity index (χ1v) is 10.4. The maximum Gasteiger partial charge on any atom is 0.331 e. The molecule has 0 saturated carbocycles. The molecule has 170 valence electrons. The highest BCUT2D eigenvalue weighted by Crippen LogP contribution is 2.19. The summed E-state index contributed by atoms with van der Waals surface area (Å²) in [6.07, 6.45) is 2.86. The van der Waals surface area contributed by atoms with Crippen molar-refractivity contribution in [3.05, 3.63) is 93.6 Å². The van der Waals surface area contributed by atoms with Crippen molar-refractivity contribution < 1.29 is 13.9 Å². The first-order chi connectivity index (χ1) is 16.4. The normalized spacial score (nSPS) is 11.1. The van der Waals surface area contributed by atoms with Crippen molar-refractivity contribution in [2.45, 2.75) is 27.0 Å².